The Balaban J connectivity index is 1.82. The highest BCUT2D eigenvalue weighted by molar-refractivity contribution is 8.18. The lowest BCUT2D eigenvalue weighted by Gasteiger charge is -2.11. The van der Waals surface area contributed by atoms with Crippen LogP contribution in [0.5, 0.6) is 5.75 Å². The fraction of sp³-hybridized carbons (Fsp3) is 0.150. The number of ketones is 1. The van der Waals surface area contributed by atoms with Gasteiger partial charge in [-0.15, -0.1) is 0 Å². The van der Waals surface area contributed by atoms with E-state index in [4.69, 9.17) is 27.9 Å². The molecule has 1 heterocycles. The van der Waals surface area contributed by atoms with Crippen molar-refractivity contribution < 1.29 is 19.1 Å². The highest BCUT2D eigenvalue weighted by Gasteiger charge is 2.36. The van der Waals surface area contributed by atoms with Gasteiger partial charge < -0.3 is 4.74 Å². The van der Waals surface area contributed by atoms with E-state index in [0.717, 1.165) is 16.7 Å². The number of ether oxygens (including phenoxy) is 1. The number of hydrogen-bond acceptors (Lipinski definition) is 5. The van der Waals surface area contributed by atoms with Crippen LogP contribution in [-0.4, -0.2) is 35.0 Å². The van der Waals surface area contributed by atoms with Gasteiger partial charge in [-0.3, -0.25) is 19.3 Å². The molecule has 1 aliphatic rings. The first kappa shape index (κ1) is 20.5. The molecule has 1 saturated heterocycles. The Hall–Kier alpha value is -2.28. The maximum absolute atomic E-state index is 12.7. The molecule has 28 heavy (non-hydrogen) atoms. The summed E-state index contributed by atoms with van der Waals surface area (Å²) in [6.07, 6.45) is 1.55. The molecular weight excluding hydrogens is 421 g/mol. The summed E-state index contributed by atoms with van der Waals surface area (Å²) in [4.78, 5) is 38.5. The zero-order chi connectivity index (χ0) is 20.3. The van der Waals surface area contributed by atoms with Gasteiger partial charge in [0.2, 0.25) is 0 Å². The number of carbonyl (C=O) groups excluding carboxylic acids is 3. The van der Waals surface area contributed by atoms with Gasteiger partial charge in [0.15, 0.2) is 5.78 Å². The van der Waals surface area contributed by atoms with Crippen molar-refractivity contribution in [3.8, 4) is 5.75 Å². The standard InChI is InChI=1S/C20H15Cl2NO4S/c1-2-27-17-8-7-15(22)9-13(17)10-18-19(25)23(20(26)28-18)11-16(24)12-3-5-14(21)6-4-12/h3-10H,2,11H2,1H3/b18-10+. The van der Waals surface area contributed by atoms with Crippen molar-refractivity contribution >= 4 is 58.0 Å². The number of Topliss-reactive ketones (excluding diaryl/α,β-unsaturated/α-hetero) is 1. The number of nitrogens with zero attached hydrogens (tertiary/aromatic N) is 1. The van der Waals surface area contributed by atoms with E-state index >= 15 is 0 Å². The van der Waals surface area contributed by atoms with E-state index in [1.54, 1.807) is 48.5 Å². The summed E-state index contributed by atoms with van der Waals surface area (Å²) in [6, 6.07) is 11.3. The van der Waals surface area contributed by atoms with Crippen LogP contribution >= 0.6 is 35.0 Å². The number of imide groups is 1. The molecule has 2 aromatic carbocycles. The Morgan fingerprint density at radius 1 is 1.11 bits per heavy atom. The minimum absolute atomic E-state index is 0.206. The van der Waals surface area contributed by atoms with Crippen LogP contribution in [0.2, 0.25) is 10.0 Å². The van der Waals surface area contributed by atoms with Gasteiger partial charge in [0.25, 0.3) is 11.1 Å². The third kappa shape index (κ3) is 4.58. The molecule has 0 aliphatic carbocycles. The fourth-order valence-corrected chi connectivity index (χ4v) is 3.70. The summed E-state index contributed by atoms with van der Waals surface area (Å²) in [5.41, 5.74) is 0.963. The van der Waals surface area contributed by atoms with E-state index < -0.39 is 11.1 Å². The topological polar surface area (TPSA) is 63.7 Å². The van der Waals surface area contributed by atoms with E-state index in [0.29, 0.717) is 33.5 Å². The monoisotopic (exact) mass is 435 g/mol. The number of carbonyl (C=O) groups is 3. The molecule has 2 aromatic rings. The summed E-state index contributed by atoms with van der Waals surface area (Å²) >= 11 is 12.6. The summed E-state index contributed by atoms with van der Waals surface area (Å²) < 4.78 is 5.54. The minimum atomic E-state index is -0.528. The van der Waals surface area contributed by atoms with Crippen molar-refractivity contribution in [2.45, 2.75) is 6.92 Å². The van der Waals surface area contributed by atoms with E-state index in [-0.39, 0.29) is 17.2 Å². The first-order valence-corrected chi connectivity index (χ1v) is 9.92. The molecule has 5 nitrogen and oxygen atoms in total. The molecule has 0 spiro atoms. The Bertz CT molecular complexity index is 973. The predicted molar refractivity (Wildman–Crippen MR) is 111 cm³/mol. The molecule has 0 aromatic heterocycles. The second kappa shape index (κ2) is 8.82. The zero-order valence-electron chi connectivity index (χ0n) is 14.8. The van der Waals surface area contributed by atoms with Crippen LogP contribution in [0, 0.1) is 0 Å². The van der Waals surface area contributed by atoms with Gasteiger partial charge >= 0.3 is 0 Å². The van der Waals surface area contributed by atoms with Crippen LogP contribution in [0.15, 0.2) is 47.4 Å². The fourth-order valence-electron chi connectivity index (χ4n) is 2.57. The highest BCUT2D eigenvalue weighted by Crippen LogP contribution is 2.35. The first-order chi connectivity index (χ1) is 13.4. The Morgan fingerprint density at radius 2 is 1.79 bits per heavy atom. The van der Waals surface area contributed by atoms with Gasteiger partial charge in [-0.1, -0.05) is 23.2 Å². The van der Waals surface area contributed by atoms with Crippen molar-refractivity contribution in [1.29, 1.82) is 0 Å². The van der Waals surface area contributed by atoms with Crippen LogP contribution in [0.1, 0.15) is 22.8 Å². The molecule has 0 saturated carbocycles. The van der Waals surface area contributed by atoms with Gasteiger partial charge in [-0.05, 0) is 67.2 Å². The number of thioether (sulfide) groups is 1. The Labute approximate surface area is 176 Å². The number of halogens is 2. The molecule has 0 atom stereocenters. The summed E-state index contributed by atoms with van der Waals surface area (Å²) in [5.74, 6) is -0.325. The van der Waals surface area contributed by atoms with Gasteiger partial charge in [0.05, 0.1) is 18.1 Å². The van der Waals surface area contributed by atoms with E-state index in [9.17, 15) is 14.4 Å². The predicted octanol–water partition coefficient (Wildman–Crippen LogP) is 5.31. The number of amides is 2. The molecule has 1 aliphatic heterocycles. The smallest absolute Gasteiger partial charge is 0.293 e. The molecule has 3 rings (SSSR count). The molecule has 0 unspecified atom stereocenters. The maximum atomic E-state index is 12.7. The van der Waals surface area contributed by atoms with E-state index in [2.05, 4.69) is 0 Å². The number of rotatable bonds is 6. The van der Waals surface area contributed by atoms with Crippen molar-refractivity contribution in [2.24, 2.45) is 0 Å². The lowest BCUT2D eigenvalue weighted by atomic mass is 10.1. The minimum Gasteiger partial charge on any atom is -0.493 e. The first-order valence-electron chi connectivity index (χ1n) is 8.35. The lowest BCUT2D eigenvalue weighted by molar-refractivity contribution is -0.122. The van der Waals surface area contributed by atoms with Gasteiger partial charge in [0.1, 0.15) is 5.75 Å². The van der Waals surface area contributed by atoms with Crippen LogP contribution in [-0.2, 0) is 4.79 Å². The molecule has 1 fully saturated rings. The molecule has 8 heteroatoms. The van der Waals surface area contributed by atoms with Gasteiger partial charge in [-0.25, -0.2) is 0 Å². The summed E-state index contributed by atoms with van der Waals surface area (Å²) in [5, 5.41) is 0.475. The Kier molecular flexibility index (Phi) is 6.44. The van der Waals surface area contributed by atoms with Crippen molar-refractivity contribution in [3.63, 3.8) is 0 Å². The summed E-state index contributed by atoms with van der Waals surface area (Å²) in [6.45, 7) is 1.95. The second-order valence-corrected chi connectivity index (χ2v) is 7.68. The molecular formula is C20H15Cl2NO4S. The average molecular weight is 436 g/mol. The molecule has 0 radical (unpaired) electrons. The second-order valence-electron chi connectivity index (χ2n) is 5.81. The van der Waals surface area contributed by atoms with Crippen LogP contribution < -0.4 is 4.74 Å². The van der Waals surface area contributed by atoms with E-state index in [1.165, 1.54) is 0 Å². The SMILES string of the molecule is CCOc1ccc(Cl)cc1/C=C1/SC(=O)N(CC(=O)c2ccc(Cl)cc2)C1=O. The third-order valence-corrected chi connectivity index (χ3v) is 5.29. The Morgan fingerprint density at radius 3 is 2.46 bits per heavy atom. The van der Waals surface area contributed by atoms with E-state index in [1.807, 2.05) is 6.92 Å². The number of benzene rings is 2. The van der Waals surface area contributed by atoms with Crippen molar-refractivity contribution in [3.05, 3.63) is 68.5 Å². The maximum Gasteiger partial charge on any atom is 0.293 e. The molecule has 0 N–H and O–H groups in total. The third-order valence-electron chi connectivity index (χ3n) is 3.90. The number of hydrogen-bond donors (Lipinski definition) is 0. The normalized spacial score (nSPS) is 15.4. The van der Waals surface area contributed by atoms with Crippen LogP contribution in [0.4, 0.5) is 4.79 Å². The average Bonchev–Trinajstić information content (AvgIpc) is 2.92. The van der Waals surface area contributed by atoms with Crippen LogP contribution in [0.25, 0.3) is 6.08 Å². The quantitative estimate of drug-likeness (QED) is 0.454. The van der Waals surface area contributed by atoms with Gasteiger partial charge in [0, 0.05) is 21.2 Å². The highest BCUT2D eigenvalue weighted by atomic mass is 35.5. The van der Waals surface area contributed by atoms with Crippen molar-refractivity contribution in [1.82, 2.24) is 4.90 Å². The van der Waals surface area contributed by atoms with Crippen molar-refractivity contribution in [2.75, 3.05) is 13.2 Å². The zero-order valence-corrected chi connectivity index (χ0v) is 17.1. The summed E-state index contributed by atoms with van der Waals surface area (Å²) in [7, 11) is 0. The lowest BCUT2D eigenvalue weighted by Crippen LogP contribution is -2.33. The molecule has 0 bridgehead atoms. The molecule has 144 valence electrons. The molecule has 2 amide bonds. The largest absolute Gasteiger partial charge is 0.493 e. The van der Waals surface area contributed by atoms with Crippen LogP contribution in [0.3, 0.4) is 0 Å². The van der Waals surface area contributed by atoms with Gasteiger partial charge in [-0.2, -0.15) is 0 Å².